The summed E-state index contributed by atoms with van der Waals surface area (Å²) in [7, 11) is 1.42. The number of nitrogens with one attached hydrogen (secondary N) is 1. The van der Waals surface area contributed by atoms with Crippen LogP contribution in [0.25, 0.3) is 11.5 Å². The van der Waals surface area contributed by atoms with Crippen LogP contribution in [0, 0.1) is 0 Å². The summed E-state index contributed by atoms with van der Waals surface area (Å²) >= 11 is 6.39. The lowest BCUT2D eigenvalue weighted by atomic mass is 10.1. The van der Waals surface area contributed by atoms with Crippen molar-refractivity contribution in [3.05, 3.63) is 63.6 Å². The number of halogens is 1. The fourth-order valence-corrected chi connectivity index (χ4v) is 4.30. The average molecular weight is 559 g/mol. The average Bonchev–Trinajstić information content (AvgIpc) is 3.29. The van der Waals surface area contributed by atoms with E-state index >= 15 is 0 Å². The van der Waals surface area contributed by atoms with E-state index in [1.807, 2.05) is 51.1 Å². The molecular weight excluding hydrogens is 528 g/mol. The fraction of sp³-hybridized carbons (Fsp3) is 0.407. The number of piperidine rings is 1. The van der Waals surface area contributed by atoms with Gasteiger partial charge < -0.3 is 28.8 Å². The van der Waals surface area contributed by atoms with E-state index in [4.69, 9.17) is 30.2 Å². The molecule has 1 aliphatic rings. The second-order valence-electron chi connectivity index (χ2n) is 10.0. The molecular formula is C27H31ClN4O7. The Hall–Kier alpha value is -3.99. The van der Waals surface area contributed by atoms with Gasteiger partial charge in [0.25, 0.3) is 5.89 Å². The number of hydrogen-bond donors (Lipinski definition) is 1. The van der Waals surface area contributed by atoms with Crippen molar-refractivity contribution in [2.75, 3.05) is 20.2 Å². The standard InChI is InChI=1S/C27H31ClN4O7/c1-27(2,3)39-25(34)31-12-10-18(11-13-31)32-26(35)38-23(30-32)19-14-20(28)22(15-21(19)36-4)37-24(33)29-16-17-8-6-5-7-9-17/h5-9,14-15,18H,10-13,16H2,1-4H3,(H,29,33). The van der Waals surface area contributed by atoms with Crippen molar-refractivity contribution in [3.63, 3.8) is 0 Å². The van der Waals surface area contributed by atoms with Crippen LogP contribution in [0.15, 0.2) is 51.7 Å². The van der Waals surface area contributed by atoms with Gasteiger partial charge in [-0.3, -0.25) is 0 Å². The number of aromatic nitrogens is 2. The number of carbonyl (C=O) groups is 2. The third-order valence-corrected chi connectivity index (χ3v) is 6.29. The van der Waals surface area contributed by atoms with E-state index in [0.717, 1.165) is 5.56 Å². The van der Waals surface area contributed by atoms with Crippen LogP contribution in [-0.4, -0.2) is 52.7 Å². The highest BCUT2D eigenvalue weighted by Gasteiger charge is 2.30. The molecule has 1 saturated heterocycles. The molecule has 3 aromatic rings. The van der Waals surface area contributed by atoms with Gasteiger partial charge in [0.15, 0.2) is 5.75 Å². The minimum atomic E-state index is -0.691. The van der Waals surface area contributed by atoms with Gasteiger partial charge in [0, 0.05) is 25.7 Å². The molecule has 0 unspecified atom stereocenters. The maximum Gasteiger partial charge on any atom is 0.437 e. The Kier molecular flexibility index (Phi) is 8.49. The number of nitrogens with zero attached hydrogens (tertiary/aromatic N) is 3. The minimum absolute atomic E-state index is 0.00778. The van der Waals surface area contributed by atoms with E-state index in [-0.39, 0.29) is 41.1 Å². The zero-order valence-corrected chi connectivity index (χ0v) is 23.0. The molecule has 4 rings (SSSR count). The van der Waals surface area contributed by atoms with E-state index in [0.29, 0.717) is 31.5 Å². The summed E-state index contributed by atoms with van der Waals surface area (Å²) < 4.78 is 22.9. The van der Waals surface area contributed by atoms with Gasteiger partial charge in [-0.15, -0.1) is 5.10 Å². The number of likely N-dealkylation sites (tertiary alicyclic amines) is 1. The molecule has 39 heavy (non-hydrogen) atoms. The van der Waals surface area contributed by atoms with E-state index in [1.54, 1.807) is 4.90 Å². The number of rotatable bonds is 6. The predicted molar refractivity (Wildman–Crippen MR) is 143 cm³/mol. The number of hydrogen-bond acceptors (Lipinski definition) is 8. The van der Waals surface area contributed by atoms with Gasteiger partial charge in [-0.25, -0.2) is 14.4 Å². The molecule has 0 saturated carbocycles. The van der Waals surface area contributed by atoms with Crippen molar-refractivity contribution < 1.29 is 28.2 Å². The van der Waals surface area contributed by atoms with E-state index in [1.165, 1.54) is 23.9 Å². The fourth-order valence-electron chi connectivity index (χ4n) is 4.10. The third kappa shape index (κ3) is 7.11. The molecule has 0 radical (unpaired) electrons. The first-order valence-corrected chi connectivity index (χ1v) is 12.9. The van der Waals surface area contributed by atoms with Crippen LogP contribution in [-0.2, 0) is 11.3 Å². The summed E-state index contributed by atoms with van der Waals surface area (Å²) in [5.41, 5.74) is 0.648. The molecule has 2 amide bonds. The summed E-state index contributed by atoms with van der Waals surface area (Å²) in [6, 6.07) is 12.0. The van der Waals surface area contributed by atoms with Crippen LogP contribution in [0.4, 0.5) is 9.59 Å². The number of benzene rings is 2. The number of amides is 2. The maximum atomic E-state index is 12.7. The highest BCUT2D eigenvalue weighted by Crippen LogP contribution is 2.38. The summed E-state index contributed by atoms with van der Waals surface area (Å²) in [5.74, 6) is -0.314. The van der Waals surface area contributed by atoms with Gasteiger partial charge >= 0.3 is 17.9 Å². The molecule has 1 aromatic heterocycles. The summed E-state index contributed by atoms with van der Waals surface area (Å²) in [6.45, 7) is 6.56. The Morgan fingerprint density at radius 2 is 1.82 bits per heavy atom. The van der Waals surface area contributed by atoms with Crippen molar-refractivity contribution in [1.82, 2.24) is 20.0 Å². The number of ether oxygens (including phenoxy) is 3. The highest BCUT2D eigenvalue weighted by atomic mass is 35.5. The normalized spacial score (nSPS) is 14.1. The van der Waals surface area contributed by atoms with Crippen molar-refractivity contribution in [2.24, 2.45) is 0 Å². The van der Waals surface area contributed by atoms with E-state index in [9.17, 15) is 14.4 Å². The van der Waals surface area contributed by atoms with Crippen LogP contribution in [0.3, 0.4) is 0 Å². The number of methoxy groups -OCH3 is 1. The molecule has 2 heterocycles. The molecule has 11 nitrogen and oxygen atoms in total. The van der Waals surface area contributed by atoms with E-state index in [2.05, 4.69) is 10.4 Å². The van der Waals surface area contributed by atoms with Gasteiger partial charge in [-0.2, -0.15) is 4.68 Å². The first-order valence-electron chi connectivity index (χ1n) is 12.5. The molecule has 0 atom stereocenters. The smallest absolute Gasteiger partial charge is 0.437 e. The Morgan fingerprint density at radius 1 is 1.13 bits per heavy atom. The zero-order chi connectivity index (χ0) is 28.2. The first-order chi connectivity index (χ1) is 18.5. The Labute approximate surface area is 230 Å². The topological polar surface area (TPSA) is 125 Å². The highest BCUT2D eigenvalue weighted by molar-refractivity contribution is 6.32. The molecule has 208 valence electrons. The molecule has 1 aliphatic heterocycles. The molecule has 0 bridgehead atoms. The van der Waals surface area contributed by atoms with Crippen LogP contribution < -0.4 is 20.5 Å². The van der Waals surface area contributed by atoms with Crippen molar-refractivity contribution >= 4 is 23.8 Å². The Bertz CT molecular complexity index is 1370. The largest absolute Gasteiger partial charge is 0.496 e. The minimum Gasteiger partial charge on any atom is -0.496 e. The lowest BCUT2D eigenvalue weighted by molar-refractivity contribution is 0.0183. The van der Waals surface area contributed by atoms with Gasteiger partial charge in [0.2, 0.25) is 0 Å². The van der Waals surface area contributed by atoms with Gasteiger partial charge in [-0.1, -0.05) is 41.9 Å². The summed E-state index contributed by atoms with van der Waals surface area (Å²) in [4.78, 5) is 39.0. The van der Waals surface area contributed by atoms with Crippen molar-refractivity contribution in [1.29, 1.82) is 0 Å². The van der Waals surface area contributed by atoms with Gasteiger partial charge in [0.1, 0.15) is 11.4 Å². The molecule has 1 N–H and O–H groups in total. The van der Waals surface area contributed by atoms with Crippen LogP contribution in [0.5, 0.6) is 11.5 Å². The Balaban J connectivity index is 1.44. The zero-order valence-electron chi connectivity index (χ0n) is 22.2. The quantitative estimate of drug-likeness (QED) is 0.447. The van der Waals surface area contributed by atoms with Gasteiger partial charge in [-0.05, 0) is 45.2 Å². The third-order valence-electron chi connectivity index (χ3n) is 6.00. The first kappa shape index (κ1) is 28.0. The molecule has 12 heteroatoms. The summed E-state index contributed by atoms with van der Waals surface area (Å²) in [6.07, 6.45) is -0.0597. The lowest BCUT2D eigenvalue weighted by Crippen LogP contribution is -2.43. The predicted octanol–water partition coefficient (Wildman–Crippen LogP) is 5.03. The van der Waals surface area contributed by atoms with Gasteiger partial charge in [0.05, 0.1) is 23.7 Å². The van der Waals surface area contributed by atoms with Crippen LogP contribution >= 0.6 is 11.6 Å². The lowest BCUT2D eigenvalue weighted by Gasteiger charge is -2.32. The molecule has 1 fully saturated rings. The SMILES string of the molecule is COc1cc(OC(=O)NCc2ccccc2)c(Cl)cc1-c1nn(C2CCN(C(=O)OC(C)(C)C)CC2)c(=O)o1. The molecule has 2 aromatic carbocycles. The van der Waals surface area contributed by atoms with Crippen molar-refractivity contribution in [2.45, 2.75) is 51.8 Å². The second kappa shape index (κ2) is 11.8. The Morgan fingerprint density at radius 3 is 2.46 bits per heavy atom. The monoisotopic (exact) mass is 558 g/mol. The molecule has 0 aliphatic carbocycles. The van der Waals surface area contributed by atoms with Crippen LogP contribution in [0.1, 0.15) is 45.2 Å². The maximum absolute atomic E-state index is 12.7. The second-order valence-corrected chi connectivity index (χ2v) is 10.4. The number of carbonyl (C=O) groups excluding carboxylic acids is 2. The summed E-state index contributed by atoms with van der Waals surface area (Å²) in [5, 5.41) is 7.14. The van der Waals surface area contributed by atoms with E-state index < -0.39 is 17.5 Å². The van der Waals surface area contributed by atoms with Crippen LogP contribution in [0.2, 0.25) is 5.02 Å². The van der Waals surface area contributed by atoms with Crippen molar-refractivity contribution in [3.8, 4) is 23.0 Å². The molecule has 0 spiro atoms.